The third kappa shape index (κ3) is 5.33. The Kier molecular flexibility index (Phi) is 6.48. The van der Waals surface area contributed by atoms with Crippen molar-refractivity contribution in [3.63, 3.8) is 0 Å². The van der Waals surface area contributed by atoms with Crippen LogP contribution in [0.5, 0.6) is 5.75 Å². The molecule has 174 valence electrons. The predicted octanol–water partition coefficient (Wildman–Crippen LogP) is 4.32. The highest BCUT2D eigenvalue weighted by molar-refractivity contribution is 7.92. The number of anilines is 3. The Balaban J connectivity index is 1.44. The zero-order valence-electron chi connectivity index (χ0n) is 18.2. The Labute approximate surface area is 199 Å². The molecular formula is C23H20N4O5S2. The van der Waals surface area contributed by atoms with E-state index in [0.29, 0.717) is 33.3 Å². The number of carbonyl (C=O) groups is 2. The third-order valence-corrected chi connectivity index (χ3v) is 7.03. The van der Waals surface area contributed by atoms with Crippen molar-refractivity contribution in [1.29, 1.82) is 0 Å². The van der Waals surface area contributed by atoms with Gasteiger partial charge in [-0.15, -0.1) is 0 Å². The summed E-state index contributed by atoms with van der Waals surface area (Å²) in [6, 6.07) is 17.3. The van der Waals surface area contributed by atoms with Crippen molar-refractivity contribution in [3.8, 4) is 5.75 Å². The Morgan fingerprint density at radius 1 is 0.912 bits per heavy atom. The predicted molar refractivity (Wildman–Crippen MR) is 132 cm³/mol. The van der Waals surface area contributed by atoms with Crippen LogP contribution in [-0.2, 0) is 14.8 Å². The van der Waals surface area contributed by atoms with Crippen molar-refractivity contribution in [2.45, 2.75) is 11.8 Å². The molecular weight excluding hydrogens is 476 g/mol. The minimum Gasteiger partial charge on any atom is -0.497 e. The topological polar surface area (TPSA) is 126 Å². The maximum absolute atomic E-state index is 12.6. The number of sulfonamides is 1. The molecule has 0 unspecified atom stereocenters. The number of methoxy groups -OCH3 is 1. The molecule has 0 aliphatic heterocycles. The Morgan fingerprint density at radius 2 is 1.59 bits per heavy atom. The van der Waals surface area contributed by atoms with E-state index in [4.69, 9.17) is 4.74 Å². The van der Waals surface area contributed by atoms with E-state index in [1.165, 1.54) is 61.8 Å². The number of ether oxygens (including phenoxy) is 1. The van der Waals surface area contributed by atoms with Gasteiger partial charge in [0.1, 0.15) is 5.75 Å². The Bertz CT molecular complexity index is 1460. The van der Waals surface area contributed by atoms with Crippen LogP contribution >= 0.6 is 11.3 Å². The Morgan fingerprint density at radius 3 is 2.24 bits per heavy atom. The second-order valence-electron chi connectivity index (χ2n) is 7.20. The summed E-state index contributed by atoms with van der Waals surface area (Å²) >= 11 is 1.28. The van der Waals surface area contributed by atoms with Gasteiger partial charge < -0.3 is 10.1 Å². The minimum absolute atomic E-state index is 0.0904. The van der Waals surface area contributed by atoms with Crippen LogP contribution in [0.1, 0.15) is 17.3 Å². The molecule has 4 aromatic rings. The van der Waals surface area contributed by atoms with E-state index in [0.717, 1.165) is 4.70 Å². The van der Waals surface area contributed by atoms with Gasteiger partial charge in [-0.25, -0.2) is 13.4 Å². The van der Waals surface area contributed by atoms with Crippen LogP contribution in [0.3, 0.4) is 0 Å². The minimum atomic E-state index is -3.79. The summed E-state index contributed by atoms with van der Waals surface area (Å²) in [6.45, 7) is 1.43. The van der Waals surface area contributed by atoms with Gasteiger partial charge >= 0.3 is 0 Å². The summed E-state index contributed by atoms with van der Waals surface area (Å²) in [4.78, 5) is 28.3. The number of nitrogens with one attached hydrogen (secondary N) is 3. The molecule has 1 heterocycles. The molecule has 0 bridgehead atoms. The molecule has 1 aromatic heterocycles. The number of thiazole rings is 1. The Hall–Kier alpha value is -3.96. The molecule has 0 atom stereocenters. The molecule has 4 rings (SSSR count). The molecule has 0 fully saturated rings. The molecule has 0 spiro atoms. The first-order valence-electron chi connectivity index (χ1n) is 10.00. The molecule has 11 heteroatoms. The molecule has 9 nitrogen and oxygen atoms in total. The summed E-state index contributed by atoms with van der Waals surface area (Å²) < 4.78 is 33.5. The number of aromatic nitrogens is 1. The average molecular weight is 497 g/mol. The highest BCUT2D eigenvalue weighted by Crippen LogP contribution is 2.29. The number of rotatable bonds is 7. The lowest BCUT2D eigenvalue weighted by atomic mass is 10.2. The number of carbonyl (C=O) groups excluding carboxylic acids is 2. The smallest absolute Gasteiger partial charge is 0.261 e. The van der Waals surface area contributed by atoms with Crippen molar-refractivity contribution in [1.82, 2.24) is 4.98 Å². The standard InChI is InChI=1S/C23H20N4O5S2/c1-14(28)24-17-7-12-20-21(13-17)33-23(25-20)26-22(29)15-3-5-16(6-4-15)27-34(30,31)19-10-8-18(32-2)9-11-19/h3-13,27H,1-2H3,(H,24,28)(H,25,26,29). The zero-order valence-corrected chi connectivity index (χ0v) is 19.8. The van der Waals surface area contributed by atoms with Crippen LogP contribution < -0.4 is 20.1 Å². The molecule has 3 aromatic carbocycles. The van der Waals surface area contributed by atoms with Gasteiger partial charge in [0.2, 0.25) is 5.91 Å². The monoisotopic (exact) mass is 496 g/mol. The lowest BCUT2D eigenvalue weighted by Gasteiger charge is -2.09. The quantitative estimate of drug-likeness (QED) is 0.350. The van der Waals surface area contributed by atoms with Crippen LogP contribution in [0.2, 0.25) is 0 Å². The number of fused-ring (bicyclic) bond motifs is 1. The fourth-order valence-electron chi connectivity index (χ4n) is 3.09. The van der Waals surface area contributed by atoms with Gasteiger partial charge in [0.25, 0.3) is 15.9 Å². The van der Waals surface area contributed by atoms with E-state index in [1.807, 2.05) is 0 Å². The van der Waals surface area contributed by atoms with E-state index in [2.05, 4.69) is 20.3 Å². The van der Waals surface area contributed by atoms with Gasteiger partial charge in [-0.1, -0.05) is 11.3 Å². The van der Waals surface area contributed by atoms with Crippen molar-refractivity contribution in [2.75, 3.05) is 22.5 Å². The first-order valence-corrected chi connectivity index (χ1v) is 12.3. The highest BCUT2D eigenvalue weighted by Gasteiger charge is 2.15. The van der Waals surface area contributed by atoms with Gasteiger partial charge in [-0.05, 0) is 66.7 Å². The average Bonchev–Trinajstić information content (AvgIpc) is 3.20. The van der Waals surface area contributed by atoms with E-state index >= 15 is 0 Å². The summed E-state index contributed by atoms with van der Waals surface area (Å²) in [5.41, 5.74) is 2.00. The van der Waals surface area contributed by atoms with Gasteiger partial charge in [0, 0.05) is 23.9 Å². The number of hydrogen-bond donors (Lipinski definition) is 3. The molecule has 0 saturated carbocycles. The normalized spacial score (nSPS) is 11.1. The number of amides is 2. The summed E-state index contributed by atoms with van der Waals surface area (Å²) in [5.74, 6) is -0.00607. The van der Waals surface area contributed by atoms with E-state index in [1.54, 1.807) is 30.3 Å². The zero-order chi connectivity index (χ0) is 24.3. The van der Waals surface area contributed by atoms with Crippen LogP contribution in [-0.4, -0.2) is 32.3 Å². The van der Waals surface area contributed by atoms with Crippen LogP contribution in [0.25, 0.3) is 10.2 Å². The SMILES string of the molecule is COc1ccc(S(=O)(=O)Nc2ccc(C(=O)Nc3nc4ccc(NC(C)=O)cc4s3)cc2)cc1. The number of hydrogen-bond acceptors (Lipinski definition) is 7. The maximum atomic E-state index is 12.6. The molecule has 3 N–H and O–H groups in total. The van der Waals surface area contributed by atoms with Crippen LogP contribution in [0, 0.1) is 0 Å². The fraction of sp³-hybridized carbons (Fsp3) is 0.0870. The second-order valence-corrected chi connectivity index (χ2v) is 9.91. The summed E-state index contributed by atoms with van der Waals surface area (Å²) in [7, 11) is -2.29. The number of nitrogens with zero attached hydrogens (tertiary/aromatic N) is 1. The maximum Gasteiger partial charge on any atom is 0.261 e. The highest BCUT2D eigenvalue weighted by atomic mass is 32.2. The van der Waals surface area contributed by atoms with Crippen molar-refractivity contribution >= 4 is 59.9 Å². The van der Waals surface area contributed by atoms with Crippen molar-refractivity contribution < 1.29 is 22.7 Å². The van der Waals surface area contributed by atoms with Crippen LogP contribution in [0.15, 0.2) is 71.6 Å². The molecule has 0 aliphatic rings. The third-order valence-electron chi connectivity index (χ3n) is 4.70. The lowest BCUT2D eigenvalue weighted by molar-refractivity contribution is -0.114. The van der Waals surface area contributed by atoms with E-state index < -0.39 is 10.0 Å². The molecule has 0 aliphatic carbocycles. The molecule has 0 radical (unpaired) electrons. The van der Waals surface area contributed by atoms with Gasteiger partial charge in [0.05, 0.1) is 22.2 Å². The summed E-state index contributed by atoms with van der Waals surface area (Å²) in [6.07, 6.45) is 0. The van der Waals surface area contributed by atoms with E-state index in [9.17, 15) is 18.0 Å². The lowest BCUT2D eigenvalue weighted by Crippen LogP contribution is -2.14. The first-order chi connectivity index (χ1) is 16.2. The largest absolute Gasteiger partial charge is 0.497 e. The fourth-order valence-corrected chi connectivity index (χ4v) is 5.05. The summed E-state index contributed by atoms with van der Waals surface area (Å²) in [5, 5.41) is 5.86. The number of benzene rings is 3. The van der Waals surface area contributed by atoms with Crippen molar-refractivity contribution in [2.24, 2.45) is 0 Å². The van der Waals surface area contributed by atoms with Gasteiger partial charge in [0.15, 0.2) is 5.13 Å². The second kappa shape index (κ2) is 9.49. The molecule has 34 heavy (non-hydrogen) atoms. The first kappa shape index (κ1) is 23.2. The van der Waals surface area contributed by atoms with Gasteiger partial charge in [-0.2, -0.15) is 0 Å². The van der Waals surface area contributed by atoms with Gasteiger partial charge in [-0.3, -0.25) is 19.6 Å². The molecule has 0 saturated heterocycles. The van der Waals surface area contributed by atoms with E-state index in [-0.39, 0.29) is 16.7 Å². The molecule has 2 amide bonds. The van der Waals surface area contributed by atoms with Crippen LogP contribution in [0.4, 0.5) is 16.5 Å². The van der Waals surface area contributed by atoms with Crippen molar-refractivity contribution in [3.05, 3.63) is 72.3 Å².